The lowest BCUT2D eigenvalue weighted by atomic mass is 9.73. The molecule has 0 saturated heterocycles. The van der Waals surface area contributed by atoms with Crippen LogP contribution in [-0.4, -0.2) is 48.9 Å². The summed E-state index contributed by atoms with van der Waals surface area (Å²) >= 11 is 0. The molecule has 130 valence electrons. The van der Waals surface area contributed by atoms with Crippen LogP contribution < -0.4 is 16.0 Å². The molecule has 0 aliphatic heterocycles. The molecular formula is C17H36N4O. The molecule has 0 aromatic carbocycles. The molecule has 0 spiro atoms. The smallest absolute Gasteiger partial charge is 0.191 e. The Bertz CT molecular complexity index is 351. The Morgan fingerprint density at radius 3 is 2.55 bits per heavy atom. The fourth-order valence-corrected chi connectivity index (χ4v) is 2.79. The first-order valence-electron chi connectivity index (χ1n) is 8.72. The van der Waals surface area contributed by atoms with E-state index < -0.39 is 0 Å². The van der Waals surface area contributed by atoms with E-state index in [-0.39, 0.29) is 17.1 Å². The maximum absolute atomic E-state index is 10.3. The van der Waals surface area contributed by atoms with Gasteiger partial charge in [-0.25, -0.2) is 0 Å². The van der Waals surface area contributed by atoms with Crippen molar-refractivity contribution < 1.29 is 5.11 Å². The molecule has 2 atom stereocenters. The zero-order valence-electron chi connectivity index (χ0n) is 15.1. The molecule has 1 fully saturated rings. The van der Waals surface area contributed by atoms with E-state index in [0.29, 0.717) is 6.54 Å². The molecule has 1 rings (SSSR count). The second kappa shape index (κ2) is 8.73. The minimum absolute atomic E-state index is 0.0791. The summed E-state index contributed by atoms with van der Waals surface area (Å²) in [6.07, 6.45) is 4.07. The van der Waals surface area contributed by atoms with Gasteiger partial charge in [-0.1, -0.05) is 19.8 Å². The van der Waals surface area contributed by atoms with Gasteiger partial charge in [-0.05, 0) is 40.5 Å². The Kier molecular flexibility index (Phi) is 7.63. The number of hydrogen-bond donors (Lipinski definition) is 4. The van der Waals surface area contributed by atoms with Crippen LogP contribution in [0.15, 0.2) is 4.99 Å². The highest BCUT2D eigenvalue weighted by molar-refractivity contribution is 5.79. The van der Waals surface area contributed by atoms with Crippen LogP contribution in [0.3, 0.4) is 0 Å². The van der Waals surface area contributed by atoms with Gasteiger partial charge in [0.1, 0.15) is 0 Å². The highest BCUT2D eigenvalue weighted by atomic mass is 16.3. The number of nitrogens with zero attached hydrogens (tertiary/aromatic N) is 1. The molecule has 22 heavy (non-hydrogen) atoms. The molecule has 2 unspecified atom stereocenters. The predicted octanol–water partition coefficient (Wildman–Crippen LogP) is 1.87. The number of nitrogens with one attached hydrogen (secondary N) is 3. The third-order valence-corrected chi connectivity index (χ3v) is 4.30. The highest BCUT2D eigenvalue weighted by Gasteiger charge is 2.35. The Morgan fingerprint density at radius 2 is 1.95 bits per heavy atom. The van der Waals surface area contributed by atoms with E-state index in [0.717, 1.165) is 44.9 Å². The minimum Gasteiger partial charge on any atom is -0.392 e. The van der Waals surface area contributed by atoms with E-state index >= 15 is 0 Å². The molecule has 0 amide bonds. The molecular weight excluding hydrogens is 276 g/mol. The van der Waals surface area contributed by atoms with Crippen molar-refractivity contribution >= 4 is 5.96 Å². The van der Waals surface area contributed by atoms with Gasteiger partial charge in [0.15, 0.2) is 5.96 Å². The first-order valence-corrected chi connectivity index (χ1v) is 8.72. The lowest BCUT2D eigenvalue weighted by molar-refractivity contribution is 0.00716. The number of rotatable bonds is 6. The van der Waals surface area contributed by atoms with Crippen LogP contribution in [0.2, 0.25) is 0 Å². The van der Waals surface area contributed by atoms with Crippen LogP contribution in [0, 0.1) is 5.41 Å². The number of aliphatic hydroxyl groups is 1. The normalized spacial score (nSPS) is 26.8. The second-order valence-electron chi connectivity index (χ2n) is 7.71. The van der Waals surface area contributed by atoms with Crippen molar-refractivity contribution in [3.63, 3.8) is 0 Å². The van der Waals surface area contributed by atoms with Crippen molar-refractivity contribution in [3.8, 4) is 0 Å². The summed E-state index contributed by atoms with van der Waals surface area (Å²) in [7, 11) is 0. The van der Waals surface area contributed by atoms with Crippen LogP contribution >= 0.6 is 0 Å². The Balaban J connectivity index is 2.47. The summed E-state index contributed by atoms with van der Waals surface area (Å²) < 4.78 is 0. The first-order chi connectivity index (χ1) is 10.3. The monoisotopic (exact) mass is 312 g/mol. The molecule has 0 aromatic rings. The van der Waals surface area contributed by atoms with Crippen molar-refractivity contribution in [1.82, 2.24) is 16.0 Å². The van der Waals surface area contributed by atoms with E-state index in [1.54, 1.807) is 0 Å². The zero-order chi connectivity index (χ0) is 16.6. The molecule has 0 heterocycles. The SMILES string of the molecule is CCNC(=NCC1(C)CCCCC1O)NCCNC(C)(C)C. The van der Waals surface area contributed by atoms with E-state index in [1.165, 1.54) is 6.42 Å². The summed E-state index contributed by atoms with van der Waals surface area (Å²) in [5, 5.41) is 20.3. The van der Waals surface area contributed by atoms with Gasteiger partial charge >= 0.3 is 0 Å². The van der Waals surface area contributed by atoms with Gasteiger partial charge in [-0.3, -0.25) is 4.99 Å². The Labute approximate surface area is 136 Å². The average molecular weight is 313 g/mol. The summed E-state index contributed by atoms with van der Waals surface area (Å²) in [5.74, 6) is 0.845. The van der Waals surface area contributed by atoms with Crippen LogP contribution in [0.4, 0.5) is 0 Å². The van der Waals surface area contributed by atoms with Gasteiger partial charge in [-0.2, -0.15) is 0 Å². The molecule has 5 heteroatoms. The number of hydrogen-bond acceptors (Lipinski definition) is 3. The van der Waals surface area contributed by atoms with Crippen molar-refractivity contribution in [3.05, 3.63) is 0 Å². The number of aliphatic hydroxyl groups excluding tert-OH is 1. The van der Waals surface area contributed by atoms with Gasteiger partial charge in [0.25, 0.3) is 0 Å². The fraction of sp³-hybridized carbons (Fsp3) is 0.941. The lowest BCUT2D eigenvalue weighted by Crippen LogP contribution is -2.45. The minimum atomic E-state index is -0.226. The predicted molar refractivity (Wildman–Crippen MR) is 94.3 cm³/mol. The topological polar surface area (TPSA) is 68.7 Å². The maximum atomic E-state index is 10.3. The average Bonchev–Trinajstić information content (AvgIpc) is 2.43. The van der Waals surface area contributed by atoms with E-state index in [2.05, 4.69) is 50.6 Å². The van der Waals surface area contributed by atoms with Crippen LogP contribution in [0.25, 0.3) is 0 Å². The molecule has 1 aliphatic carbocycles. The number of aliphatic imine (C=N–C) groups is 1. The largest absolute Gasteiger partial charge is 0.392 e. The molecule has 1 aliphatic rings. The van der Waals surface area contributed by atoms with Gasteiger partial charge in [0.05, 0.1) is 12.6 Å². The molecule has 5 nitrogen and oxygen atoms in total. The molecule has 0 radical (unpaired) electrons. The van der Waals surface area contributed by atoms with Crippen LogP contribution in [0.1, 0.15) is 60.3 Å². The molecule has 4 N–H and O–H groups in total. The summed E-state index contributed by atoms with van der Waals surface area (Å²) in [6, 6.07) is 0. The van der Waals surface area contributed by atoms with Crippen LogP contribution in [-0.2, 0) is 0 Å². The van der Waals surface area contributed by atoms with E-state index in [9.17, 15) is 5.11 Å². The summed E-state index contributed by atoms with van der Waals surface area (Å²) in [6.45, 7) is 14.0. The van der Waals surface area contributed by atoms with Gasteiger partial charge in [-0.15, -0.1) is 0 Å². The first kappa shape index (κ1) is 19.2. The van der Waals surface area contributed by atoms with E-state index in [4.69, 9.17) is 4.99 Å². The summed E-state index contributed by atoms with van der Waals surface area (Å²) in [4.78, 5) is 4.70. The fourth-order valence-electron chi connectivity index (χ4n) is 2.79. The highest BCUT2D eigenvalue weighted by Crippen LogP contribution is 2.36. The lowest BCUT2D eigenvalue weighted by Gasteiger charge is -2.37. The Hall–Kier alpha value is -0.810. The second-order valence-corrected chi connectivity index (χ2v) is 7.71. The van der Waals surface area contributed by atoms with E-state index in [1.807, 2.05) is 0 Å². The summed E-state index contributed by atoms with van der Waals surface area (Å²) in [5.41, 5.74) is 0.0567. The van der Waals surface area contributed by atoms with Gasteiger partial charge < -0.3 is 21.1 Å². The van der Waals surface area contributed by atoms with Crippen LogP contribution in [0.5, 0.6) is 0 Å². The van der Waals surface area contributed by atoms with Gasteiger partial charge in [0.2, 0.25) is 0 Å². The zero-order valence-corrected chi connectivity index (χ0v) is 15.1. The molecule has 0 bridgehead atoms. The Morgan fingerprint density at radius 1 is 1.23 bits per heavy atom. The van der Waals surface area contributed by atoms with Gasteiger partial charge in [0, 0.05) is 30.6 Å². The van der Waals surface area contributed by atoms with Crippen molar-refractivity contribution in [1.29, 1.82) is 0 Å². The third-order valence-electron chi connectivity index (χ3n) is 4.30. The van der Waals surface area contributed by atoms with Crippen molar-refractivity contribution in [2.45, 2.75) is 71.9 Å². The standard InChI is InChI=1S/C17H36N4O/c1-6-18-15(19-11-12-21-16(2,3)4)20-13-17(5)10-8-7-9-14(17)22/h14,21-22H,6-13H2,1-5H3,(H2,18,19,20). The third kappa shape index (κ3) is 6.97. The van der Waals surface area contributed by atoms with Crippen molar-refractivity contribution in [2.75, 3.05) is 26.2 Å². The van der Waals surface area contributed by atoms with Crippen molar-refractivity contribution in [2.24, 2.45) is 10.4 Å². The number of guanidine groups is 1. The maximum Gasteiger partial charge on any atom is 0.191 e. The molecule has 0 aromatic heterocycles. The quantitative estimate of drug-likeness (QED) is 0.343. The molecule has 1 saturated carbocycles.